The predicted octanol–water partition coefficient (Wildman–Crippen LogP) is 3.28. The number of nitrogens with one attached hydrogen (secondary N) is 1. The maximum atomic E-state index is 13.7. The molecule has 9 heteroatoms. The van der Waals surface area contributed by atoms with E-state index in [1.165, 1.54) is 12.1 Å². The number of hydrogen-bond acceptors (Lipinski definition) is 4. The van der Waals surface area contributed by atoms with E-state index < -0.39 is 11.6 Å². The summed E-state index contributed by atoms with van der Waals surface area (Å²) in [6.45, 7) is 1.95. The predicted molar refractivity (Wildman–Crippen MR) is 134 cm³/mol. The van der Waals surface area contributed by atoms with Crippen molar-refractivity contribution in [3.63, 3.8) is 0 Å². The zero-order valence-electron chi connectivity index (χ0n) is 20.8. The summed E-state index contributed by atoms with van der Waals surface area (Å²) in [6, 6.07) is 9.87. The highest BCUT2D eigenvalue weighted by Crippen LogP contribution is 2.42. The van der Waals surface area contributed by atoms with Crippen molar-refractivity contribution in [2.75, 3.05) is 6.54 Å². The molecule has 2 aromatic carbocycles. The van der Waals surface area contributed by atoms with Crippen molar-refractivity contribution in [3.05, 3.63) is 76.9 Å². The van der Waals surface area contributed by atoms with Gasteiger partial charge in [0.15, 0.2) is 0 Å². The van der Waals surface area contributed by atoms with Crippen LogP contribution in [0.2, 0.25) is 0 Å². The summed E-state index contributed by atoms with van der Waals surface area (Å²) in [4.78, 5) is 42.9. The van der Waals surface area contributed by atoms with Gasteiger partial charge in [-0.25, -0.2) is 9.18 Å². The lowest BCUT2D eigenvalue weighted by atomic mass is 9.90. The van der Waals surface area contributed by atoms with Gasteiger partial charge in [0.1, 0.15) is 17.9 Å². The molecule has 3 aromatic rings. The van der Waals surface area contributed by atoms with Gasteiger partial charge in [0.25, 0.3) is 5.91 Å². The van der Waals surface area contributed by atoms with Crippen LogP contribution in [0.3, 0.4) is 0 Å². The number of imide groups is 1. The van der Waals surface area contributed by atoms with Crippen molar-refractivity contribution in [1.29, 1.82) is 0 Å². The van der Waals surface area contributed by atoms with Gasteiger partial charge in [0.05, 0.1) is 6.20 Å². The Hall–Kier alpha value is -4.01. The van der Waals surface area contributed by atoms with E-state index in [0.717, 1.165) is 38.3 Å². The topological polar surface area (TPSA) is 87.5 Å². The fourth-order valence-electron chi connectivity index (χ4n) is 5.95. The third kappa shape index (κ3) is 3.80. The number of urea groups is 1. The van der Waals surface area contributed by atoms with Gasteiger partial charge in [-0.3, -0.25) is 19.2 Å². The van der Waals surface area contributed by atoms with Crippen LogP contribution in [0.4, 0.5) is 9.18 Å². The Morgan fingerprint density at radius 3 is 2.73 bits per heavy atom. The molecule has 190 valence electrons. The van der Waals surface area contributed by atoms with E-state index in [1.807, 2.05) is 38.4 Å². The number of hydrogen-bond donors (Lipinski definition) is 1. The van der Waals surface area contributed by atoms with Crippen molar-refractivity contribution in [1.82, 2.24) is 24.9 Å². The summed E-state index contributed by atoms with van der Waals surface area (Å²) < 4.78 is 15.5. The molecule has 0 saturated carbocycles. The molecule has 2 aliphatic heterocycles. The lowest BCUT2D eigenvalue weighted by Gasteiger charge is -2.29. The normalized spacial score (nSPS) is 22.7. The second-order valence-corrected chi connectivity index (χ2v) is 10.3. The number of aryl methyl sites for hydroxylation is 3. The van der Waals surface area contributed by atoms with E-state index in [1.54, 1.807) is 21.8 Å². The van der Waals surface area contributed by atoms with Gasteiger partial charge < -0.3 is 10.2 Å². The van der Waals surface area contributed by atoms with Crippen molar-refractivity contribution in [2.24, 2.45) is 7.05 Å². The molecule has 2 atom stereocenters. The Balaban J connectivity index is 1.23. The van der Waals surface area contributed by atoms with E-state index in [4.69, 9.17) is 0 Å². The Bertz CT molecular complexity index is 1450. The van der Waals surface area contributed by atoms with Crippen molar-refractivity contribution >= 4 is 17.8 Å². The van der Waals surface area contributed by atoms with Crippen LogP contribution in [0.15, 0.2) is 48.8 Å². The summed E-state index contributed by atoms with van der Waals surface area (Å²) >= 11 is 0. The van der Waals surface area contributed by atoms with Crippen LogP contribution in [-0.4, -0.2) is 50.0 Å². The molecular formula is C28H28FN5O3. The molecule has 4 amide bonds. The first-order valence-electron chi connectivity index (χ1n) is 12.6. The van der Waals surface area contributed by atoms with Crippen molar-refractivity contribution in [3.8, 4) is 11.1 Å². The number of fused-ring (bicyclic) bond motifs is 3. The van der Waals surface area contributed by atoms with E-state index >= 15 is 0 Å². The minimum atomic E-state index is -1.14. The number of aromatic nitrogens is 2. The second-order valence-electron chi connectivity index (χ2n) is 10.3. The first-order chi connectivity index (χ1) is 17.7. The highest BCUT2D eigenvalue weighted by atomic mass is 19.1. The number of rotatable bonds is 3. The molecule has 1 N–H and O–H groups in total. The number of benzene rings is 2. The average molecular weight is 502 g/mol. The molecule has 1 spiro atoms. The van der Waals surface area contributed by atoms with Crippen molar-refractivity contribution < 1.29 is 18.8 Å². The molecule has 8 nitrogen and oxygen atoms in total. The van der Waals surface area contributed by atoms with Gasteiger partial charge >= 0.3 is 6.03 Å². The molecule has 3 heterocycles. The van der Waals surface area contributed by atoms with Gasteiger partial charge in [-0.05, 0) is 72.6 Å². The first-order valence-corrected chi connectivity index (χ1v) is 12.6. The molecule has 1 aliphatic carbocycles. The lowest BCUT2D eigenvalue weighted by Crippen LogP contribution is -2.46. The monoisotopic (exact) mass is 501 g/mol. The zero-order valence-corrected chi connectivity index (χ0v) is 20.8. The molecule has 0 radical (unpaired) electrons. The highest BCUT2D eigenvalue weighted by Gasteiger charge is 2.55. The number of carbonyl (C=O) groups excluding carboxylic acids is 3. The first kappa shape index (κ1) is 23.4. The van der Waals surface area contributed by atoms with Crippen LogP contribution in [-0.2, 0) is 41.6 Å². The third-order valence-corrected chi connectivity index (χ3v) is 8.03. The maximum Gasteiger partial charge on any atom is 0.325 e. The van der Waals surface area contributed by atoms with Crippen LogP contribution in [0.1, 0.15) is 42.0 Å². The van der Waals surface area contributed by atoms with Crippen LogP contribution in [0.5, 0.6) is 0 Å². The van der Waals surface area contributed by atoms with Gasteiger partial charge in [-0.1, -0.05) is 24.3 Å². The largest absolute Gasteiger partial charge is 0.334 e. The van der Waals surface area contributed by atoms with Crippen LogP contribution in [0.25, 0.3) is 11.1 Å². The van der Waals surface area contributed by atoms with Crippen LogP contribution < -0.4 is 5.32 Å². The van der Waals surface area contributed by atoms with E-state index in [0.29, 0.717) is 32.2 Å². The van der Waals surface area contributed by atoms with E-state index in [-0.39, 0.29) is 30.2 Å². The Morgan fingerprint density at radius 1 is 1.11 bits per heavy atom. The Labute approximate surface area is 214 Å². The summed E-state index contributed by atoms with van der Waals surface area (Å²) in [5.41, 5.74) is 4.42. The quantitative estimate of drug-likeness (QED) is 0.558. The van der Waals surface area contributed by atoms with Gasteiger partial charge in [-0.2, -0.15) is 5.10 Å². The highest BCUT2D eigenvalue weighted by molar-refractivity contribution is 6.10. The molecule has 1 aromatic heterocycles. The molecule has 1 fully saturated rings. The second kappa shape index (κ2) is 8.54. The number of nitrogens with zero attached hydrogens (tertiary/aromatic N) is 4. The van der Waals surface area contributed by atoms with Gasteiger partial charge in [-0.15, -0.1) is 0 Å². The zero-order chi connectivity index (χ0) is 25.9. The Morgan fingerprint density at radius 2 is 1.95 bits per heavy atom. The minimum absolute atomic E-state index is 0.101. The van der Waals surface area contributed by atoms with Gasteiger partial charge in [0, 0.05) is 31.4 Å². The molecule has 1 unspecified atom stereocenters. The van der Waals surface area contributed by atoms with Gasteiger partial charge in [0.2, 0.25) is 5.91 Å². The maximum absolute atomic E-state index is 13.7. The SMILES string of the molecule is C[C@@H]1CCc2cc(F)ccc2CN1C(=O)CN1C(=O)NC2(CCc3cc(-c4cnn(C)c4)ccc32)C1=O. The molecule has 6 rings (SSSR count). The third-order valence-electron chi connectivity index (χ3n) is 8.03. The minimum Gasteiger partial charge on any atom is -0.334 e. The van der Waals surface area contributed by atoms with Crippen LogP contribution >= 0.6 is 0 Å². The lowest BCUT2D eigenvalue weighted by molar-refractivity contribution is -0.140. The summed E-state index contributed by atoms with van der Waals surface area (Å²) in [5, 5.41) is 7.14. The fraction of sp³-hybridized carbons (Fsp3) is 0.357. The van der Waals surface area contributed by atoms with E-state index in [2.05, 4.69) is 10.4 Å². The number of amides is 4. The van der Waals surface area contributed by atoms with E-state index in [9.17, 15) is 18.8 Å². The standard InChI is InChI=1S/C28H28FN5O3/c1-17-3-4-19-12-23(29)7-5-21(19)15-33(17)25(35)16-34-26(36)28(31-27(34)37)10-9-20-11-18(6-8-24(20)28)22-13-30-32(2)14-22/h5-8,11-14,17H,3-4,9-10,15-16H2,1-2H3,(H,31,37)/t17-,28?/m1/s1. The average Bonchev–Trinajstić information content (AvgIpc) is 3.50. The summed E-state index contributed by atoms with van der Waals surface area (Å²) in [7, 11) is 1.86. The smallest absolute Gasteiger partial charge is 0.325 e. The van der Waals surface area contributed by atoms with Crippen LogP contribution in [0, 0.1) is 5.82 Å². The molecule has 1 saturated heterocycles. The summed E-state index contributed by atoms with van der Waals surface area (Å²) in [5.74, 6) is -0.973. The number of carbonyl (C=O) groups is 3. The molecular weight excluding hydrogens is 473 g/mol. The van der Waals surface area contributed by atoms with Crippen molar-refractivity contribution in [2.45, 2.75) is 50.7 Å². The fourth-order valence-corrected chi connectivity index (χ4v) is 5.95. The summed E-state index contributed by atoms with van der Waals surface area (Å²) in [6.07, 6.45) is 6.17. The molecule has 37 heavy (non-hydrogen) atoms. The molecule has 0 bridgehead atoms. The number of halogens is 1. The Kier molecular flexibility index (Phi) is 5.40. The molecule has 3 aliphatic rings.